The highest BCUT2D eigenvalue weighted by Gasteiger charge is 2.28. The Labute approximate surface area is 114 Å². The zero-order chi connectivity index (χ0) is 14.0. The van der Waals surface area contributed by atoms with E-state index in [0.717, 1.165) is 5.56 Å². The van der Waals surface area contributed by atoms with Crippen molar-refractivity contribution in [1.29, 1.82) is 0 Å². The number of ketones is 1. The highest BCUT2D eigenvalue weighted by molar-refractivity contribution is 7.89. The Hall–Kier alpha value is -1.20. The summed E-state index contributed by atoms with van der Waals surface area (Å²) in [6.45, 7) is 4.74. The van der Waals surface area contributed by atoms with E-state index in [4.69, 9.17) is 0 Å². The summed E-state index contributed by atoms with van der Waals surface area (Å²) in [6, 6.07) is 7.02. The van der Waals surface area contributed by atoms with Crippen LogP contribution in [0.25, 0.3) is 0 Å². The Kier molecular flexibility index (Phi) is 4.06. The standard InChI is InChI=1S/C14H19NO3S/c1-11(2)12-3-5-14(6-4-12)19(17,18)15-9-7-13(16)8-10-15/h3-6,11H,7-10H2,1-2H3. The van der Waals surface area contributed by atoms with Gasteiger partial charge in [-0.3, -0.25) is 4.79 Å². The normalized spacial score (nSPS) is 17.9. The lowest BCUT2D eigenvalue weighted by Gasteiger charge is -2.25. The van der Waals surface area contributed by atoms with Crippen LogP contribution in [0.15, 0.2) is 29.2 Å². The van der Waals surface area contributed by atoms with E-state index in [2.05, 4.69) is 13.8 Å². The fourth-order valence-electron chi connectivity index (χ4n) is 2.15. The number of benzene rings is 1. The van der Waals surface area contributed by atoms with Gasteiger partial charge in [0, 0.05) is 25.9 Å². The van der Waals surface area contributed by atoms with E-state index in [1.807, 2.05) is 12.1 Å². The van der Waals surface area contributed by atoms with Gasteiger partial charge >= 0.3 is 0 Å². The van der Waals surface area contributed by atoms with Gasteiger partial charge in [0.1, 0.15) is 5.78 Å². The van der Waals surface area contributed by atoms with E-state index in [1.54, 1.807) is 12.1 Å². The predicted molar refractivity (Wildman–Crippen MR) is 73.5 cm³/mol. The zero-order valence-corrected chi connectivity index (χ0v) is 12.1. The molecule has 104 valence electrons. The summed E-state index contributed by atoms with van der Waals surface area (Å²) < 4.78 is 26.2. The lowest BCUT2D eigenvalue weighted by Crippen LogP contribution is -2.38. The van der Waals surface area contributed by atoms with Crippen LogP contribution in [-0.2, 0) is 14.8 Å². The number of sulfonamides is 1. The summed E-state index contributed by atoms with van der Waals surface area (Å²) >= 11 is 0. The molecule has 1 aromatic carbocycles. The lowest BCUT2D eigenvalue weighted by molar-refractivity contribution is -0.120. The highest BCUT2D eigenvalue weighted by atomic mass is 32.2. The van der Waals surface area contributed by atoms with E-state index in [0.29, 0.717) is 36.7 Å². The van der Waals surface area contributed by atoms with Crippen molar-refractivity contribution in [2.45, 2.75) is 37.5 Å². The van der Waals surface area contributed by atoms with E-state index in [9.17, 15) is 13.2 Å². The molecule has 0 aliphatic carbocycles. The maximum absolute atomic E-state index is 12.4. The number of carbonyl (C=O) groups excluding carboxylic acids is 1. The number of hydrogen-bond donors (Lipinski definition) is 0. The molecule has 0 radical (unpaired) electrons. The molecule has 0 unspecified atom stereocenters. The molecule has 4 nitrogen and oxygen atoms in total. The van der Waals surface area contributed by atoms with Crippen molar-refractivity contribution in [2.75, 3.05) is 13.1 Å². The molecule has 0 spiro atoms. The number of piperidine rings is 1. The molecule has 1 heterocycles. The Morgan fingerprint density at radius 1 is 1.05 bits per heavy atom. The fraction of sp³-hybridized carbons (Fsp3) is 0.500. The number of nitrogens with zero attached hydrogens (tertiary/aromatic N) is 1. The largest absolute Gasteiger partial charge is 0.300 e. The first kappa shape index (κ1) is 14.2. The number of Topliss-reactive ketones (excluding diaryl/α,β-unsaturated/α-hetero) is 1. The molecule has 1 aliphatic rings. The minimum atomic E-state index is -3.45. The van der Waals surface area contributed by atoms with Crippen LogP contribution in [0, 0.1) is 0 Å². The molecule has 19 heavy (non-hydrogen) atoms. The molecule has 1 aliphatic heterocycles. The molecule has 1 fully saturated rings. The summed E-state index contributed by atoms with van der Waals surface area (Å²) in [4.78, 5) is 11.5. The van der Waals surface area contributed by atoms with Crippen molar-refractivity contribution in [2.24, 2.45) is 0 Å². The van der Waals surface area contributed by atoms with Crippen LogP contribution in [0.5, 0.6) is 0 Å². The number of rotatable bonds is 3. The van der Waals surface area contributed by atoms with Crippen LogP contribution >= 0.6 is 0 Å². The summed E-state index contributed by atoms with van der Waals surface area (Å²) in [5, 5.41) is 0. The molecule has 1 saturated heterocycles. The third-order valence-corrected chi connectivity index (χ3v) is 5.38. The minimum absolute atomic E-state index is 0.140. The van der Waals surface area contributed by atoms with Crippen LogP contribution in [0.4, 0.5) is 0 Å². The van der Waals surface area contributed by atoms with Gasteiger partial charge in [-0.15, -0.1) is 0 Å². The van der Waals surface area contributed by atoms with Crippen LogP contribution in [0.1, 0.15) is 38.2 Å². The van der Waals surface area contributed by atoms with E-state index in [-0.39, 0.29) is 5.78 Å². The Morgan fingerprint density at radius 3 is 2.05 bits per heavy atom. The second-order valence-electron chi connectivity index (χ2n) is 5.17. The molecule has 0 amide bonds. The summed E-state index contributed by atoms with van der Waals surface area (Å²) in [6.07, 6.45) is 0.645. The highest BCUT2D eigenvalue weighted by Crippen LogP contribution is 2.22. The Morgan fingerprint density at radius 2 is 1.58 bits per heavy atom. The molecule has 0 saturated carbocycles. The summed E-state index contributed by atoms with van der Waals surface area (Å²) in [7, 11) is -3.45. The minimum Gasteiger partial charge on any atom is -0.300 e. The van der Waals surface area contributed by atoms with Crippen molar-refractivity contribution in [3.63, 3.8) is 0 Å². The van der Waals surface area contributed by atoms with Gasteiger partial charge in [-0.2, -0.15) is 4.31 Å². The first-order valence-corrected chi connectivity index (χ1v) is 7.97. The van der Waals surface area contributed by atoms with Crippen molar-refractivity contribution < 1.29 is 13.2 Å². The van der Waals surface area contributed by atoms with E-state index >= 15 is 0 Å². The molecular formula is C14H19NO3S. The maximum Gasteiger partial charge on any atom is 0.243 e. The predicted octanol–water partition coefficient (Wildman–Crippen LogP) is 2.16. The Balaban J connectivity index is 2.22. The first-order valence-electron chi connectivity index (χ1n) is 6.53. The lowest BCUT2D eigenvalue weighted by atomic mass is 10.0. The second kappa shape index (κ2) is 5.43. The van der Waals surface area contributed by atoms with Gasteiger partial charge in [-0.05, 0) is 23.6 Å². The van der Waals surface area contributed by atoms with Crippen LogP contribution in [-0.4, -0.2) is 31.6 Å². The molecule has 0 atom stereocenters. The Bertz CT molecular complexity index is 551. The monoisotopic (exact) mass is 281 g/mol. The van der Waals surface area contributed by atoms with Crippen molar-refractivity contribution in [3.05, 3.63) is 29.8 Å². The average molecular weight is 281 g/mol. The van der Waals surface area contributed by atoms with Gasteiger partial charge in [0.05, 0.1) is 4.90 Å². The van der Waals surface area contributed by atoms with Crippen molar-refractivity contribution >= 4 is 15.8 Å². The summed E-state index contributed by atoms with van der Waals surface area (Å²) in [5.41, 5.74) is 1.12. The van der Waals surface area contributed by atoms with Gasteiger partial charge in [0.25, 0.3) is 0 Å². The zero-order valence-electron chi connectivity index (χ0n) is 11.3. The molecule has 1 aromatic rings. The van der Waals surface area contributed by atoms with Crippen LogP contribution in [0.2, 0.25) is 0 Å². The maximum atomic E-state index is 12.4. The van der Waals surface area contributed by atoms with Gasteiger partial charge in [-0.1, -0.05) is 26.0 Å². The van der Waals surface area contributed by atoms with Gasteiger partial charge in [-0.25, -0.2) is 8.42 Å². The molecule has 2 rings (SSSR count). The molecule has 0 aromatic heterocycles. The van der Waals surface area contributed by atoms with E-state index < -0.39 is 10.0 Å². The topological polar surface area (TPSA) is 54.5 Å². The third kappa shape index (κ3) is 3.04. The second-order valence-corrected chi connectivity index (χ2v) is 7.10. The van der Waals surface area contributed by atoms with Gasteiger partial charge < -0.3 is 0 Å². The summed E-state index contributed by atoms with van der Waals surface area (Å²) in [5.74, 6) is 0.519. The smallest absolute Gasteiger partial charge is 0.243 e. The average Bonchev–Trinajstić information content (AvgIpc) is 2.39. The number of hydrogen-bond acceptors (Lipinski definition) is 3. The van der Waals surface area contributed by atoms with Crippen LogP contribution in [0.3, 0.4) is 0 Å². The molecular weight excluding hydrogens is 262 g/mol. The third-order valence-electron chi connectivity index (χ3n) is 3.46. The van der Waals surface area contributed by atoms with E-state index in [1.165, 1.54) is 4.31 Å². The molecule has 5 heteroatoms. The van der Waals surface area contributed by atoms with Crippen molar-refractivity contribution in [1.82, 2.24) is 4.31 Å². The molecule has 0 bridgehead atoms. The number of carbonyl (C=O) groups is 1. The quantitative estimate of drug-likeness (QED) is 0.853. The van der Waals surface area contributed by atoms with Gasteiger partial charge in [0.15, 0.2) is 0 Å². The van der Waals surface area contributed by atoms with Gasteiger partial charge in [0.2, 0.25) is 10.0 Å². The first-order chi connectivity index (χ1) is 8.91. The molecule has 0 N–H and O–H groups in total. The van der Waals surface area contributed by atoms with Crippen molar-refractivity contribution in [3.8, 4) is 0 Å². The van der Waals surface area contributed by atoms with Crippen LogP contribution < -0.4 is 0 Å². The fourth-order valence-corrected chi connectivity index (χ4v) is 3.59. The SMILES string of the molecule is CC(C)c1ccc(S(=O)(=O)N2CCC(=O)CC2)cc1.